The molecule has 8 heteroatoms. The minimum Gasteiger partial charge on any atom is -0.353 e. The zero-order chi connectivity index (χ0) is 18.5. The average molecular weight is 356 g/mol. The third kappa shape index (κ3) is 4.45. The first kappa shape index (κ1) is 18.1. The second kappa shape index (κ2) is 8.09. The summed E-state index contributed by atoms with van der Waals surface area (Å²) in [7, 11) is 0. The molecule has 1 aromatic heterocycles. The van der Waals surface area contributed by atoms with Crippen LogP contribution in [0.15, 0.2) is 36.9 Å². The van der Waals surface area contributed by atoms with E-state index >= 15 is 0 Å². The Bertz CT molecular complexity index is 734. The summed E-state index contributed by atoms with van der Waals surface area (Å²) in [5, 5.41) is 6.97. The number of carbonyl (C=O) groups is 2. The largest absolute Gasteiger partial charge is 0.353 e. The van der Waals surface area contributed by atoms with Gasteiger partial charge in [-0.3, -0.25) is 14.5 Å². The van der Waals surface area contributed by atoms with E-state index in [-0.39, 0.29) is 17.9 Å². The van der Waals surface area contributed by atoms with E-state index in [1.54, 1.807) is 11.0 Å². The summed E-state index contributed by atoms with van der Waals surface area (Å²) >= 11 is 0. The van der Waals surface area contributed by atoms with Gasteiger partial charge < -0.3 is 10.2 Å². The molecular formula is C18H24N6O2. The molecule has 0 atom stereocenters. The lowest BCUT2D eigenvalue weighted by molar-refractivity contribution is -0.123. The van der Waals surface area contributed by atoms with Crippen molar-refractivity contribution in [2.75, 3.05) is 32.7 Å². The van der Waals surface area contributed by atoms with Crippen LogP contribution >= 0.6 is 0 Å². The molecule has 1 fully saturated rings. The van der Waals surface area contributed by atoms with Crippen LogP contribution in [0.1, 0.15) is 24.2 Å². The number of hydrogen-bond acceptors (Lipinski definition) is 5. The predicted octanol–water partition coefficient (Wildman–Crippen LogP) is 0.550. The van der Waals surface area contributed by atoms with Crippen LogP contribution < -0.4 is 5.32 Å². The molecule has 1 aliphatic rings. The minimum absolute atomic E-state index is 0.0152. The lowest BCUT2D eigenvalue weighted by Gasteiger charge is -2.34. The molecule has 1 saturated heterocycles. The zero-order valence-electron chi connectivity index (χ0n) is 15.1. The highest BCUT2D eigenvalue weighted by atomic mass is 16.2. The Balaban J connectivity index is 1.53. The highest BCUT2D eigenvalue weighted by Crippen LogP contribution is 2.12. The first-order valence-electron chi connectivity index (χ1n) is 8.79. The van der Waals surface area contributed by atoms with E-state index in [4.69, 9.17) is 0 Å². The summed E-state index contributed by atoms with van der Waals surface area (Å²) in [5.74, 6) is 0.0462. The van der Waals surface area contributed by atoms with Crippen LogP contribution in [0, 0.1) is 0 Å². The molecule has 0 radical (unpaired) electrons. The normalized spacial score (nSPS) is 15.3. The minimum atomic E-state index is 0.0152. The summed E-state index contributed by atoms with van der Waals surface area (Å²) in [6, 6.07) is 7.47. The summed E-state index contributed by atoms with van der Waals surface area (Å²) in [5.41, 5.74) is 1.51. The Kier molecular flexibility index (Phi) is 5.62. The third-order valence-corrected chi connectivity index (χ3v) is 4.27. The van der Waals surface area contributed by atoms with Crippen LogP contribution in [0.2, 0.25) is 0 Å². The number of benzene rings is 1. The third-order valence-electron chi connectivity index (χ3n) is 4.27. The molecule has 0 spiro atoms. The van der Waals surface area contributed by atoms with Gasteiger partial charge in [0.1, 0.15) is 12.7 Å². The van der Waals surface area contributed by atoms with E-state index in [9.17, 15) is 9.59 Å². The number of nitrogens with one attached hydrogen (secondary N) is 1. The van der Waals surface area contributed by atoms with Gasteiger partial charge in [-0.1, -0.05) is 0 Å². The van der Waals surface area contributed by atoms with Crippen LogP contribution in [0.4, 0.5) is 0 Å². The molecule has 2 amide bonds. The Morgan fingerprint density at radius 1 is 1.12 bits per heavy atom. The van der Waals surface area contributed by atoms with Crippen molar-refractivity contribution in [3.05, 3.63) is 42.5 Å². The van der Waals surface area contributed by atoms with Gasteiger partial charge in [-0.15, -0.1) is 0 Å². The monoisotopic (exact) mass is 356 g/mol. The van der Waals surface area contributed by atoms with E-state index in [0.717, 1.165) is 5.69 Å². The van der Waals surface area contributed by atoms with Crippen molar-refractivity contribution in [1.29, 1.82) is 0 Å². The van der Waals surface area contributed by atoms with Gasteiger partial charge in [-0.2, -0.15) is 5.10 Å². The number of nitrogens with zero attached hydrogens (tertiary/aromatic N) is 5. The molecule has 1 N–H and O–H groups in total. The molecular weight excluding hydrogens is 332 g/mol. The lowest BCUT2D eigenvalue weighted by Crippen LogP contribution is -2.51. The van der Waals surface area contributed by atoms with E-state index < -0.39 is 0 Å². The van der Waals surface area contributed by atoms with E-state index in [2.05, 4.69) is 20.3 Å². The molecule has 0 aliphatic carbocycles. The summed E-state index contributed by atoms with van der Waals surface area (Å²) in [6.07, 6.45) is 3.09. The van der Waals surface area contributed by atoms with E-state index in [1.165, 1.54) is 6.33 Å². The number of piperazine rings is 1. The van der Waals surface area contributed by atoms with Gasteiger partial charge in [0.25, 0.3) is 5.91 Å². The molecule has 2 heterocycles. The van der Waals surface area contributed by atoms with E-state index in [1.807, 2.05) is 43.0 Å². The van der Waals surface area contributed by atoms with Gasteiger partial charge >= 0.3 is 0 Å². The highest BCUT2D eigenvalue weighted by molar-refractivity contribution is 5.94. The van der Waals surface area contributed by atoms with Gasteiger partial charge in [0.15, 0.2) is 0 Å². The number of hydrogen-bond donors (Lipinski definition) is 1. The molecule has 8 nitrogen and oxygen atoms in total. The first-order valence-corrected chi connectivity index (χ1v) is 8.79. The number of carbonyl (C=O) groups excluding carboxylic acids is 2. The first-order chi connectivity index (χ1) is 12.5. The molecule has 0 bridgehead atoms. The summed E-state index contributed by atoms with van der Waals surface area (Å²) in [4.78, 5) is 32.3. The van der Waals surface area contributed by atoms with Crippen molar-refractivity contribution >= 4 is 11.8 Å². The van der Waals surface area contributed by atoms with Crippen molar-refractivity contribution in [1.82, 2.24) is 29.9 Å². The Labute approximate surface area is 152 Å². The molecule has 2 aromatic rings. The second-order valence-electron chi connectivity index (χ2n) is 6.68. The quantitative estimate of drug-likeness (QED) is 0.846. The summed E-state index contributed by atoms with van der Waals surface area (Å²) in [6.45, 7) is 6.93. The topological polar surface area (TPSA) is 83.4 Å². The van der Waals surface area contributed by atoms with Crippen molar-refractivity contribution in [3.63, 3.8) is 0 Å². The maximum Gasteiger partial charge on any atom is 0.253 e. The number of aromatic nitrogens is 3. The molecule has 1 aliphatic heterocycles. The number of rotatable bonds is 5. The van der Waals surface area contributed by atoms with Crippen LogP contribution in [0.25, 0.3) is 5.69 Å². The second-order valence-corrected chi connectivity index (χ2v) is 6.68. The van der Waals surface area contributed by atoms with Gasteiger partial charge in [-0.05, 0) is 38.1 Å². The Morgan fingerprint density at radius 3 is 2.38 bits per heavy atom. The van der Waals surface area contributed by atoms with Gasteiger partial charge in [-0.25, -0.2) is 9.67 Å². The Hall–Kier alpha value is -2.74. The standard InChI is InChI=1S/C18H24N6O2/c1-14(2)21-17(25)11-22-7-9-23(10-8-22)18(26)15-3-5-16(6-4-15)24-13-19-12-20-24/h3-6,12-14H,7-11H2,1-2H3,(H,21,25). The fourth-order valence-electron chi connectivity index (χ4n) is 2.96. The smallest absolute Gasteiger partial charge is 0.253 e. The lowest BCUT2D eigenvalue weighted by atomic mass is 10.1. The van der Waals surface area contributed by atoms with Gasteiger partial charge in [0, 0.05) is 37.8 Å². The van der Waals surface area contributed by atoms with Crippen LogP contribution in [0.3, 0.4) is 0 Å². The number of amides is 2. The van der Waals surface area contributed by atoms with Crippen molar-refractivity contribution in [3.8, 4) is 5.69 Å². The maximum atomic E-state index is 12.7. The molecule has 0 saturated carbocycles. The molecule has 3 rings (SSSR count). The molecule has 138 valence electrons. The van der Waals surface area contributed by atoms with Crippen LogP contribution in [-0.2, 0) is 4.79 Å². The SMILES string of the molecule is CC(C)NC(=O)CN1CCN(C(=O)c2ccc(-n3cncn3)cc2)CC1. The van der Waals surface area contributed by atoms with Crippen molar-refractivity contribution in [2.45, 2.75) is 19.9 Å². The predicted molar refractivity (Wildman–Crippen MR) is 97.0 cm³/mol. The fraction of sp³-hybridized carbons (Fsp3) is 0.444. The zero-order valence-corrected chi connectivity index (χ0v) is 15.1. The van der Waals surface area contributed by atoms with Crippen LogP contribution in [0.5, 0.6) is 0 Å². The maximum absolute atomic E-state index is 12.7. The van der Waals surface area contributed by atoms with Gasteiger partial charge in [0.05, 0.1) is 12.2 Å². The molecule has 1 aromatic carbocycles. The fourth-order valence-corrected chi connectivity index (χ4v) is 2.96. The Morgan fingerprint density at radius 2 is 1.81 bits per heavy atom. The van der Waals surface area contributed by atoms with Crippen LogP contribution in [-0.4, -0.2) is 75.1 Å². The average Bonchev–Trinajstić information content (AvgIpc) is 3.16. The molecule has 0 unspecified atom stereocenters. The van der Waals surface area contributed by atoms with Crippen molar-refractivity contribution < 1.29 is 9.59 Å². The van der Waals surface area contributed by atoms with Gasteiger partial charge in [0.2, 0.25) is 5.91 Å². The summed E-state index contributed by atoms with van der Waals surface area (Å²) < 4.78 is 1.65. The van der Waals surface area contributed by atoms with Crippen molar-refractivity contribution in [2.24, 2.45) is 0 Å². The molecule has 26 heavy (non-hydrogen) atoms. The van der Waals surface area contributed by atoms with E-state index in [0.29, 0.717) is 38.3 Å². The highest BCUT2D eigenvalue weighted by Gasteiger charge is 2.23.